The van der Waals surface area contributed by atoms with E-state index < -0.39 is 0 Å². The lowest BCUT2D eigenvalue weighted by molar-refractivity contribution is -0.138. The van der Waals surface area contributed by atoms with Crippen LogP contribution >= 0.6 is 0 Å². The van der Waals surface area contributed by atoms with Gasteiger partial charge in [-0.1, -0.05) is 31.5 Å². The SMILES string of the molecule is CCCCn1cc(CN(C(=O)[C@H]2CNCC[C@@H]2c2ccn(C)c(=O)c2)C2CC2)c2ccccc21. The van der Waals surface area contributed by atoms with E-state index in [9.17, 15) is 9.59 Å². The van der Waals surface area contributed by atoms with E-state index in [4.69, 9.17) is 0 Å². The van der Waals surface area contributed by atoms with Crippen LogP contribution in [0.2, 0.25) is 0 Å². The normalized spacial score (nSPS) is 20.5. The summed E-state index contributed by atoms with van der Waals surface area (Å²) in [6.45, 7) is 5.42. The first-order valence-electron chi connectivity index (χ1n) is 12.8. The molecular formula is C28H36N4O2. The van der Waals surface area contributed by atoms with E-state index in [0.29, 0.717) is 19.1 Å². The molecule has 34 heavy (non-hydrogen) atoms. The van der Waals surface area contributed by atoms with E-state index in [1.54, 1.807) is 17.7 Å². The van der Waals surface area contributed by atoms with Crippen LogP contribution < -0.4 is 10.9 Å². The van der Waals surface area contributed by atoms with Crippen LogP contribution in [-0.4, -0.2) is 39.1 Å². The number of carbonyl (C=O) groups excluding carboxylic acids is 1. The fourth-order valence-electron chi connectivity index (χ4n) is 5.44. The van der Waals surface area contributed by atoms with Gasteiger partial charge in [0.25, 0.3) is 5.56 Å². The highest BCUT2D eigenvalue weighted by Gasteiger charge is 2.40. The van der Waals surface area contributed by atoms with E-state index in [1.165, 1.54) is 16.5 Å². The Labute approximate surface area is 201 Å². The van der Waals surface area contributed by atoms with E-state index in [0.717, 1.165) is 50.8 Å². The zero-order valence-corrected chi connectivity index (χ0v) is 20.4. The monoisotopic (exact) mass is 460 g/mol. The molecular weight excluding hydrogens is 424 g/mol. The molecule has 3 heterocycles. The standard InChI is InChI=1S/C28H36N4O2/c1-3-4-14-31-18-21(24-7-5-6-8-26(24)31)19-32(22-9-10-22)28(34)25-17-29-13-11-23(25)20-12-15-30(2)27(33)16-20/h5-8,12,15-16,18,22-23,25,29H,3-4,9-11,13-14,17,19H2,1-2H3/t23-,25+/m1/s1. The summed E-state index contributed by atoms with van der Waals surface area (Å²) in [5.41, 5.74) is 3.48. The van der Waals surface area contributed by atoms with Crippen LogP contribution in [0.5, 0.6) is 0 Å². The fraction of sp³-hybridized carbons (Fsp3) is 0.500. The molecule has 0 bridgehead atoms. The topological polar surface area (TPSA) is 59.3 Å². The van der Waals surface area contributed by atoms with Crippen molar-refractivity contribution in [1.29, 1.82) is 0 Å². The molecule has 2 atom stereocenters. The van der Waals surface area contributed by atoms with Crippen molar-refractivity contribution in [3.05, 3.63) is 70.3 Å². The van der Waals surface area contributed by atoms with Gasteiger partial charge in [0.05, 0.1) is 5.92 Å². The Morgan fingerprint density at radius 2 is 2.00 bits per heavy atom. The van der Waals surface area contributed by atoms with Crippen molar-refractivity contribution in [3.8, 4) is 0 Å². The van der Waals surface area contributed by atoms with Gasteiger partial charge in [0.2, 0.25) is 5.91 Å². The zero-order valence-electron chi connectivity index (χ0n) is 20.4. The van der Waals surface area contributed by atoms with Crippen LogP contribution in [0.4, 0.5) is 0 Å². The van der Waals surface area contributed by atoms with Gasteiger partial charge in [-0.3, -0.25) is 9.59 Å². The molecule has 2 aromatic heterocycles. The molecule has 1 aliphatic carbocycles. The lowest BCUT2D eigenvalue weighted by Crippen LogP contribution is -2.47. The highest BCUT2D eigenvalue weighted by Crippen LogP contribution is 2.36. The molecule has 2 fully saturated rings. The third-order valence-electron chi connectivity index (χ3n) is 7.59. The third kappa shape index (κ3) is 4.56. The summed E-state index contributed by atoms with van der Waals surface area (Å²) < 4.78 is 3.95. The molecule has 1 saturated carbocycles. The number of unbranched alkanes of at least 4 members (excludes halogenated alkanes) is 1. The molecule has 180 valence electrons. The number of para-hydroxylation sites is 1. The summed E-state index contributed by atoms with van der Waals surface area (Å²) in [6, 6.07) is 12.6. The van der Waals surface area contributed by atoms with Crippen molar-refractivity contribution < 1.29 is 4.79 Å². The van der Waals surface area contributed by atoms with Gasteiger partial charge in [-0.25, -0.2) is 0 Å². The van der Waals surface area contributed by atoms with Crippen molar-refractivity contribution in [3.63, 3.8) is 0 Å². The number of fused-ring (bicyclic) bond motifs is 1. The van der Waals surface area contributed by atoms with Crippen molar-refractivity contribution in [1.82, 2.24) is 19.4 Å². The van der Waals surface area contributed by atoms with Gasteiger partial charge in [-0.05, 0) is 61.4 Å². The molecule has 1 saturated heterocycles. The van der Waals surface area contributed by atoms with Crippen LogP contribution in [0.1, 0.15) is 56.1 Å². The lowest BCUT2D eigenvalue weighted by atomic mass is 9.80. The second kappa shape index (κ2) is 9.79. The van der Waals surface area contributed by atoms with Gasteiger partial charge in [-0.2, -0.15) is 0 Å². The number of pyridine rings is 1. The predicted molar refractivity (Wildman–Crippen MR) is 136 cm³/mol. The van der Waals surface area contributed by atoms with Crippen molar-refractivity contribution in [2.45, 2.75) is 64.1 Å². The lowest BCUT2D eigenvalue weighted by Gasteiger charge is -2.35. The number of carbonyl (C=O) groups is 1. The smallest absolute Gasteiger partial charge is 0.250 e. The first-order chi connectivity index (χ1) is 16.6. The van der Waals surface area contributed by atoms with Crippen molar-refractivity contribution >= 4 is 16.8 Å². The van der Waals surface area contributed by atoms with Crippen LogP contribution in [-0.2, 0) is 24.9 Å². The summed E-state index contributed by atoms with van der Waals surface area (Å²) in [5, 5.41) is 4.69. The summed E-state index contributed by atoms with van der Waals surface area (Å²) in [7, 11) is 1.77. The highest BCUT2D eigenvalue weighted by atomic mass is 16.2. The zero-order chi connectivity index (χ0) is 23.7. The minimum atomic E-state index is -0.144. The summed E-state index contributed by atoms with van der Waals surface area (Å²) in [6.07, 6.45) is 9.43. The first-order valence-corrected chi connectivity index (χ1v) is 12.8. The second-order valence-corrected chi connectivity index (χ2v) is 10.0. The van der Waals surface area contributed by atoms with Gasteiger partial charge in [-0.15, -0.1) is 0 Å². The van der Waals surface area contributed by atoms with E-state index >= 15 is 0 Å². The number of piperidine rings is 1. The molecule has 1 aromatic carbocycles. The van der Waals surface area contributed by atoms with Crippen molar-refractivity contribution in [2.75, 3.05) is 13.1 Å². The molecule has 6 heteroatoms. The summed E-state index contributed by atoms with van der Waals surface area (Å²) in [5.74, 6) is 0.162. The van der Waals surface area contributed by atoms with Gasteiger partial charge in [0.15, 0.2) is 0 Å². The summed E-state index contributed by atoms with van der Waals surface area (Å²) in [4.78, 5) is 28.5. The first kappa shape index (κ1) is 22.9. The molecule has 1 aliphatic heterocycles. The third-order valence-corrected chi connectivity index (χ3v) is 7.59. The molecule has 0 spiro atoms. The van der Waals surface area contributed by atoms with Gasteiger partial charge in [0.1, 0.15) is 0 Å². The predicted octanol–water partition coefficient (Wildman–Crippen LogP) is 4.02. The Balaban J connectivity index is 1.43. The average Bonchev–Trinajstić information content (AvgIpc) is 3.65. The molecule has 0 radical (unpaired) electrons. The fourth-order valence-corrected chi connectivity index (χ4v) is 5.44. The quantitative estimate of drug-likeness (QED) is 0.552. The number of benzene rings is 1. The maximum Gasteiger partial charge on any atom is 0.250 e. The maximum absolute atomic E-state index is 14.0. The van der Waals surface area contributed by atoms with Crippen LogP contribution in [0.3, 0.4) is 0 Å². The minimum absolute atomic E-state index is 0.0128. The number of rotatable bonds is 8. The van der Waals surface area contributed by atoms with E-state index in [-0.39, 0.29) is 23.3 Å². The molecule has 5 rings (SSSR count). The Bertz CT molecular complexity index is 1220. The molecule has 0 unspecified atom stereocenters. The number of nitrogens with zero attached hydrogens (tertiary/aromatic N) is 3. The molecule has 1 N–H and O–H groups in total. The van der Waals surface area contributed by atoms with Gasteiger partial charge in [0, 0.05) is 62.1 Å². The number of amides is 1. The van der Waals surface area contributed by atoms with Crippen LogP contribution in [0.15, 0.2) is 53.6 Å². The Morgan fingerprint density at radius 3 is 2.76 bits per heavy atom. The van der Waals surface area contributed by atoms with E-state index in [2.05, 4.69) is 52.2 Å². The number of aromatic nitrogens is 2. The van der Waals surface area contributed by atoms with Gasteiger partial charge >= 0.3 is 0 Å². The van der Waals surface area contributed by atoms with Crippen molar-refractivity contribution in [2.24, 2.45) is 13.0 Å². The number of hydrogen-bond acceptors (Lipinski definition) is 3. The summed E-state index contributed by atoms with van der Waals surface area (Å²) >= 11 is 0. The number of nitrogens with one attached hydrogen (secondary N) is 1. The number of aryl methyl sites for hydroxylation is 2. The van der Waals surface area contributed by atoms with Crippen LogP contribution in [0.25, 0.3) is 10.9 Å². The Morgan fingerprint density at radius 1 is 1.18 bits per heavy atom. The van der Waals surface area contributed by atoms with E-state index in [1.807, 2.05) is 12.3 Å². The Hall–Kier alpha value is -2.86. The average molecular weight is 461 g/mol. The molecule has 3 aromatic rings. The second-order valence-electron chi connectivity index (χ2n) is 10.0. The highest BCUT2D eigenvalue weighted by molar-refractivity contribution is 5.85. The molecule has 2 aliphatic rings. The molecule has 1 amide bonds. The largest absolute Gasteiger partial charge is 0.347 e. The Kier molecular flexibility index (Phi) is 6.59. The van der Waals surface area contributed by atoms with Crippen LogP contribution in [0, 0.1) is 5.92 Å². The van der Waals surface area contributed by atoms with Gasteiger partial charge < -0.3 is 19.4 Å². The molecule has 6 nitrogen and oxygen atoms in total. The number of hydrogen-bond donors (Lipinski definition) is 1. The minimum Gasteiger partial charge on any atom is -0.347 e. The maximum atomic E-state index is 14.0.